The highest BCUT2D eigenvalue weighted by Crippen LogP contribution is 2.31. The first kappa shape index (κ1) is 19.2. The molecule has 140 valence electrons. The smallest absolute Gasteiger partial charge is 0.261 e. The summed E-state index contributed by atoms with van der Waals surface area (Å²) in [6, 6.07) is 7.39. The van der Waals surface area contributed by atoms with Gasteiger partial charge in [-0.1, -0.05) is 36.5 Å². The maximum atomic E-state index is 12.5. The summed E-state index contributed by atoms with van der Waals surface area (Å²) < 4.78 is 0. The van der Waals surface area contributed by atoms with Gasteiger partial charge in [-0.3, -0.25) is 19.3 Å². The summed E-state index contributed by atoms with van der Waals surface area (Å²) in [5, 5.41) is 3.10. The molecule has 0 atom stereocenters. The van der Waals surface area contributed by atoms with Gasteiger partial charge in [-0.05, 0) is 36.8 Å². The summed E-state index contributed by atoms with van der Waals surface area (Å²) in [5.74, 6) is -1.16. The second-order valence-electron chi connectivity index (χ2n) is 6.18. The number of rotatable bonds is 5. The Morgan fingerprint density at radius 1 is 1.07 bits per heavy atom. The largest absolute Gasteiger partial charge is 0.396 e. The molecule has 3 amide bonds. The van der Waals surface area contributed by atoms with Gasteiger partial charge in [0.15, 0.2) is 0 Å². The van der Waals surface area contributed by atoms with Crippen LogP contribution >= 0.6 is 23.2 Å². The van der Waals surface area contributed by atoms with Crippen molar-refractivity contribution in [2.45, 2.75) is 19.8 Å². The molecule has 0 aromatic heterocycles. The van der Waals surface area contributed by atoms with E-state index in [0.717, 1.165) is 12.8 Å². The number of fused-ring (bicyclic) bond motifs is 1. The van der Waals surface area contributed by atoms with Crippen LogP contribution in [0.5, 0.6) is 0 Å². The van der Waals surface area contributed by atoms with E-state index in [1.54, 1.807) is 0 Å². The minimum Gasteiger partial charge on any atom is -0.396 e. The van der Waals surface area contributed by atoms with Crippen LogP contribution in [-0.2, 0) is 0 Å². The van der Waals surface area contributed by atoms with Crippen LogP contribution in [-0.4, -0.2) is 29.2 Å². The number of carbonyl (C=O) groups is 3. The van der Waals surface area contributed by atoms with E-state index in [0.29, 0.717) is 17.8 Å². The van der Waals surface area contributed by atoms with E-state index in [9.17, 15) is 14.4 Å². The van der Waals surface area contributed by atoms with Crippen molar-refractivity contribution >= 4 is 52.3 Å². The van der Waals surface area contributed by atoms with Crippen LogP contribution in [0.3, 0.4) is 0 Å². The number of imide groups is 1. The average molecular weight is 406 g/mol. The number of hydrogen-bond donors (Lipinski definition) is 2. The second-order valence-corrected chi connectivity index (χ2v) is 7.00. The van der Waals surface area contributed by atoms with E-state index in [2.05, 4.69) is 5.32 Å². The Kier molecular flexibility index (Phi) is 5.39. The van der Waals surface area contributed by atoms with E-state index >= 15 is 0 Å². The van der Waals surface area contributed by atoms with Crippen molar-refractivity contribution < 1.29 is 14.4 Å². The van der Waals surface area contributed by atoms with Crippen molar-refractivity contribution in [1.82, 2.24) is 4.90 Å². The van der Waals surface area contributed by atoms with Crippen LogP contribution in [0.25, 0.3) is 0 Å². The van der Waals surface area contributed by atoms with Crippen molar-refractivity contribution in [2.75, 3.05) is 17.6 Å². The topological polar surface area (TPSA) is 92.5 Å². The number of carbonyl (C=O) groups excluding carboxylic acids is 3. The van der Waals surface area contributed by atoms with Gasteiger partial charge in [0.25, 0.3) is 17.7 Å². The van der Waals surface area contributed by atoms with Gasteiger partial charge in [-0.15, -0.1) is 0 Å². The molecule has 1 heterocycles. The number of nitrogen functional groups attached to an aromatic ring is 1. The molecule has 0 radical (unpaired) electrons. The molecule has 0 unspecified atom stereocenters. The zero-order valence-corrected chi connectivity index (χ0v) is 16.0. The van der Waals surface area contributed by atoms with Crippen molar-refractivity contribution in [3.8, 4) is 0 Å². The molecule has 1 aliphatic heterocycles. The minimum absolute atomic E-state index is 0.221. The Hall–Kier alpha value is -2.57. The Balaban J connectivity index is 1.84. The fraction of sp³-hybridized carbons (Fsp3) is 0.211. The van der Waals surface area contributed by atoms with Crippen molar-refractivity contribution in [3.05, 3.63) is 57.1 Å². The lowest BCUT2D eigenvalue weighted by Crippen LogP contribution is -2.30. The van der Waals surface area contributed by atoms with Crippen LogP contribution in [0.4, 0.5) is 11.4 Å². The summed E-state index contributed by atoms with van der Waals surface area (Å²) in [5.41, 5.74) is 7.07. The molecule has 1 aliphatic rings. The summed E-state index contributed by atoms with van der Waals surface area (Å²) in [4.78, 5) is 38.6. The summed E-state index contributed by atoms with van der Waals surface area (Å²) in [7, 11) is 0. The maximum Gasteiger partial charge on any atom is 0.261 e. The molecular weight excluding hydrogens is 389 g/mol. The number of unbranched alkanes of at least 4 members (excludes halogenated alkanes) is 1. The molecule has 3 rings (SSSR count). The number of benzene rings is 2. The SMILES string of the molecule is CCCCN1C(=O)c2ccc(C(=O)Nc3cc(Cl)c(N)c(Cl)c3)cc2C1=O. The predicted molar refractivity (Wildman–Crippen MR) is 106 cm³/mol. The number of nitrogens with two attached hydrogens (primary N) is 1. The first-order chi connectivity index (χ1) is 12.8. The van der Waals surface area contributed by atoms with Crippen LogP contribution in [0.1, 0.15) is 50.8 Å². The number of nitrogens with one attached hydrogen (secondary N) is 1. The monoisotopic (exact) mass is 405 g/mol. The van der Waals surface area contributed by atoms with Crippen LogP contribution in [0.15, 0.2) is 30.3 Å². The second kappa shape index (κ2) is 7.58. The average Bonchev–Trinajstić information content (AvgIpc) is 2.88. The predicted octanol–water partition coefficient (Wildman–Crippen LogP) is 4.22. The van der Waals surface area contributed by atoms with E-state index in [-0.39, 0.29) is 38.7 Å². The van der Waals surface area contributed by atoms with Gasteiger partial charge >= 0.3 is 0 Å². The molecular formula is C19H17Cl2N3O3. The third-order valence-corrected chi connectivity index (χ3v) is 4.93. The molecule has 0 saturated carbocycles. The van der Waals surface area contributed by atoms with Gasteiger partial charge < -0.3 is 11.1 Å². The normalized spacial score (nSPS) is 13.1. The highest BCUT2D eigenvalue weighted by Gasteiger charge is 2.35. The summed E-state index contributed by atoms with van der Waals surface area (Å²) in [6.07, 6.45) is 1.60. The number of anilines is 2. The summed E-state index contributed by atoms with van der Waals surface area (Å²) in [6.45, 7) is 2.35. The lowest BCUT2D eigenvalue weighted by molar-refractivity contribution is 0.0652. The zero-order chi connectivity index (χ0) is 19.7. The van der Waals surface area contributed by atoms with Gasteiger partial charge in [0.2, 0.25) is 0 Å². The maximum absolute atomic E-state index is 12.5. The number of nitrogens with zero attached hydrogens (tertiary/aromatic N) is 1. The first-order valence-corrected chi connectivity index (χ1v) is 9.15. The fourth-order valence-corrected chi connectivity index (χ4v) is 3.30. The Morgan fingerprint density at radius 3 is 2.33 bits per heavy atom. The van der Waals surface area contributed by atoms with Gasteiger partial charge in [0, 0.05) is 17.8 Å². The lowest BCUT2D eigenvalue weighted by Gasteiger charge is -2.12. The molecule has 8 heteroatoms. The highest BCUT2D eigenvalue weighted by molar-refractivity contribution is 6.39. The summed E-state index contributed by atoms with van der Waals surface area (Å²) >= 11 is 11.9. The van der Waals surface area contributed by atoms with Gasteiger partial charge in [0.1, 0.15) is 0 Å². The van der Waals surface area contributed by atoms with Gasteiger partial charge in [-0.2, -0.15) is 0 Å². The standard InChI is InChI=1S/C19H17Cl2N3O3/c1-2-3-6-24-18(26)12-5-4-10(7-13(12)19(24)27)17(25)23-11-8-14(20)16(22)15(21)9-11/h4-5,7-9H,2-3,6,22H2,1H3,(H,23,25). The Morgan fingerprint density at radius 2 is 1.70 bits per heavy atom. The van der Waals surface area contributed by atoms with Crippen LogP contribution < -0.4 is 11.1 Å². The molecule has 0 aliphatic carbocycles. The Bertz CT molecular complexity index is 936. The number of hydrogen-bond acceptors (Lipinski definition) is 4. The van der Waals surface area contributed by atoms with E-state index in [4.69, 9.17) is 28.9 Å². The number of amides is 3. The Labute approximate surface area is 166 Å². The zero-order valence-electron chi connectivity index (χ0n) is 14.5. The van der Waals surface area contributed by atoms with E-state index in [1.165, 1.54) is 35.2 Å². The molecule has 0 saturated heterocycles. The third-order valence-electron chi connectivity index (χ3n) is 4.31. The fourth-order valence-electron chi connectivity index (χ4n) is 2.81. The molecule has 6 nitrogen and oxygen atoms in total. The molecule has 27 heavy (non-hydrogen) atoms. The minimum atomic E-state index is -0.457. The van der Waals surface area contributed by atoms with Gasteiger partial charge in [-0.25, -0.2) is 0 Å². The third kappa shape index (κ3) is 3.63. The molecule has 0 spiro atoms. The van der Waals surface area contributed by atoms with Crippen molar-refractivity contribution in [2.24, 2.45) is 0 Å². The molecule has 0 fully saturated rings. The molecule has 0 bridgehead atoms. The quantitative estimate of drug-likeness (QED) is 0.574. The number of halogens is 2. The van der Waals surface area contributed by atoms with Gasteiger partial charge in [0.05, 0.1) is 26.9 Å². The van der Waals surface area contributed by atoms with E-state index in [1.807, 2.05) is 6.92 Å². The highest BCUT2D eigenvalue weighted by atomic mass is 35.5. The lowest BCUT2D eigenvalue weighted by atomic mass is 10.1. The van der Waals surface area contributed by atoms with Crippen molar-refractivity contribution in [1.29, 1.82) is 0 Å². The van der Waals surface area contributed by atoms with Crippen LogP contribution in [0.2, 0.25) is 10.0 Å². The molecule has 2 aromatic rings. The van der Waals surface area contributed by atoms with Crippen molar-refractivity contribution in [3.63, 3.8) is 0 Å². The molecule has 2 aromatic carbocycles. The van der Waals surface area contributed by atoms with Crippen LogP contribution in [0, 0.1) is 0 Å². The van der Waals surface area contributed by atoms with E-state index < -0.39 is 5.91 Å². The first-order valence-electron chi connectivity index (χ1n) is 8.39. The molecule has 3 N–H and O–H groups in total.